The van der Waals surface area contributed by atoms with E-state index >= 15 is 0 Å². The zero-order chi connectivity index (χ0) is 11.3. The smallest absolute Gasteiger partial charge is 0.189 e. The van der Waals surface area contributed by atoms with E-state index in [1.165, 1.54) is 0 Å². The molecule has 15 heavy (non-hydrogen) atoms. The third-order valence-electron chi connectivity index (χ3n) is 1.68. The second-order valence-electron chi connectivity index (χ2n) is 3.65. The van der Waals surface area contributed by atoms with Gasteiger partial charge in [-0.25, -0.2) is 4.99 Å². The lowest BCUT2D eigenvalue weighted by Gasteiger charge is -2.07. The fourth-order valence-electron chi connectivity index (χ4n) is 1.01. The second kappa shape index (κ2) is 5.29. The lowest BCUT2D eigenvalue weighted by atomic mass is 10.4. The first-order valence-corrected chi connectivity index (χ1v) is 4.92. The van der Waals surface area contributed by atoms with Crippen LogP contribution in [0.5, 0.6) is 0 Å². The number of nitrogens with zero attached hydrogens (tertiary/aromatic N) is 3. The Morgan fingerprint density at radius 2 is 2.20 bits per heavy atom. The van der Waals surface area contributed by atoms with Gasteiger partial charge in [0.25, 0.3) is 0 Å². The van der Waals surface area contributed by atoms with Crippen LogP contribution >= 0.6 is 0 Å². The van der Waals surface area contributed by atoms with Crippen molar-refractivity contribution in [2.45, 2.75) is 33.4 Å². The third-order valence-corrected chi connectivity index (χ3v) is 1.68. The Hall–Kier alpha value is -1.65. The Balaban J connectivity index is 2.52. The molecule has 0 saturated carbocycles. The van der Waals surface area contributed by atoms with Crippen molar-refractivity contribution in [2.24, 2.45) is 10.7 Å². The summed E-state index contributed by atoms with van der Waals surface area (Å²) in [6.45, 7) is 6.37. The molecular weight excluding hydrogens is 190 g/mol. The standard InChI is InChI=1S/C10H17N5/c1-7(2)15-10(11)14-6-9-5-12-8(3)4-13-9/h4-5,7H,6H2,1-3H3,(H3,11,14,15). The molecule has 0 atom stereocenters. The van der Waals surface area contributed by atoms with Crippen LogP contribution in [0.15, 0.2) is 17.4 Å². The van der Waals surface area contributed by atoms with Crippen molar-refractivity contribution in [3.8, 4) is 0 Å². The molecule has 1 rings (SSSR count). The van der Waals surface area contributed by atoms with E-state index < -0.39 is 0 Å². The predicted octanol–water partition coefficient (Wildman–Crippen LogP) is 0.598. The highest BCUT2D eigenvalue weighted by atomic mass is 15.1. The molecule has 82 valence electrons. The largest absolute Gasteiger partial charge is 0.370 e. The lowest BCUT2D eigenvalue weighted by molar-refractivity contribution is 0.722. The van der Waals surface area contributed by atoms with Gasteiger partial charge in [0, 0.05) is 12.2 Å². The van der Waals surface area contributed by atoms with E-state index in [2.05, 4.69) is 20.3 Å². The maximum absolute atomic E-state index is 5.64. The molecule has 0 spiro atoms. The normalized spacial score (nSPS) is 11.9. The van der Waals surface area contributed by atoms with Crippen molar-refractivity contribution >= 4 is 5.96 Å². The molecule has 5 nitrogen and oxygen atoms in total. The Labute approximate surface area is 89.8 Å². The fourth-order valence-corrected chi connectivity index (χ4v) is 1.01. The summed E-state index contributed by atoms with van der Waals surface area (Å²) in [5.74, 6) is 0.437. The highest BCUT2D eigenvalue weighted by Gasteiger charge is 1.96. The molecule has 1 aromatic heterocycles. The van der Waals surface area contributed by atoms with Gasteiger partial charge in [0.2, 0.25) is 0 Å². The summed E-state index contributed by atoms with van der Waals surface area (Å²) in [6, 6.07) is 0.290. The summed E-state index contributed by atoms with van der Waals surface area (Å²) < 4.78 is 0. The molecule has 3 N–H and O–H groups in total. The van der Waals surface area contributed by atoms with E-state index in [0.29, 0.717) is 12.5 Å². The van der Waals surface area contributed by atoms with E-state index in [1.807, 2.05) is 20.8 Å². The van der Waals surface area contributed by atoms with Crippen LogP contribution in [-0.4, -0.2) is 22.0 Å². The molecular formula is C10H17N5. The first kappa shape index (κ1) is 11.4. The van der Waals surface area contributed by atoms with Gasteiger partial charge in [0.15, 0.2) is 5.96 Å². The lowest BCUT2D eigenvalue weighted by Crippen LogP contribution is -2.36. The monoisotopic (exact) mass is 207 g/mol. The minimum atomic E-state index is 0.290. The molecule has 0 aromatic carbocycles. The number of guanidine groups is 1. The maximum atomic E-state index is 5.64. The zero-order valence-corrected chi connectivity index (χ0v) is 9.36. The van der Waals surface area contributed by atoms with Crippen LogP contribution in [0, 0.1) is 6.92 Å². The Kier molecular flexibility index (Phi) is 4.03. The van der Waals surface area contributed by atoms with Crippen molar-refractivity contribution in [3.05, 3.63) is 23.8 Å². The van der Waals surface area contributed by atoms with E-state index in [-0.39, 0.29) is 6.04 Å². The molecule has 0 bridgehead atoms. The predicted molar refractivity (Wildman–Crippen MR) is 60.4 cm³/mol. The Morgan fingerprint density at radius 1 is 1.47 bits per heavy atom. The van der Waals surface area contributed by atoms with Crippen LogP contribution in [0.3, 0.4) is 0 Å². The van der Waals surface area contributed by atoms with Gasteiger partial charge in [-0.05, 0) is 20.8 Å². The number of aliphatic imine (C=N–C) groups is 1. The molecule has 0 aliphatic carbocycles. The number of rotatable bonds is 3. The van der Waals surface area contributed by atoms with E-state index in [9.17, 15) is 0 Å². The Bertz CT molecular complexity index is 328. The summed E-state index contributed by atoms with van der Waals surface area (Å²) in [6.07, 6.45) is 3.43. The molecule has 0 saturated heterocycles. The van der Waals surface area contributed by atoms with Gasteiger partial charge in [-0.3, -0.25) is 9.97 Å². The highest BCUT2D eigenvalue weighted by molar-refractivity contribution is 5.77. The van der Waals surface area contributed by atoms with Gasteiger partial charge in [-0.15, -0.1) is 0 Å². The molecule has 0 fully saturated rings. The molecule has 0 radical (unpaired) electrons. The molecule has 0 aliphatic heterocycles. The SMILES string of the molecule is Cc1cnc(CN=C(N)NC(C)C)cn1. The van der Waals surface area contributed by atoms with Crippen LogP contribution in [-0.2, 0) is 6.54 Å². The molecule has 5 heteroatoms. The van der Waals surface area contributed by atoms with Gasteiger partial charge in [0.05, 0.1) is 24.1 Å². The minimum Gasteiger partial charge on any atom is -0.370 e. The van der Waals surface area contributed by atoms with Crippen LogP contribution in [0.2, 0.25) is 0 Å². The summed E-state index contributed by atoms with van der Waals surface area (Å²) >= 11 is 0. The number of nitrogens with one attached hydrogen (secondary N) is 1. The highest BCUT2D eigenvalue weighted by Crippen LogP contribution is 1.95. The number of aromatic nitrogens is 2. The first-order valence-electron chi connectivity index (χ1n) is 4.92. The van der Waals surface area contributed by atoms with Crippen molar-refractivity contribution in [1.82, 2.24) is 15.3 Å². The van der Waals surface area contributed by atoms with Crippen molar-refractivity contribution in [2.75, 3.05) is 0 Å². The third kappa shape index (κ3) is 4.39. The Morgan fingerprint density at radius 3 is 2.73 bits per heavy atom. The summed E-state index contributed by atoms with van der Waals surface area (Å²) in [7, 11) is 0. The molecule has 0 aliphatic rings. The first-order chi connectivity index (χ1) is 7.08. The summed E-state index contributed by atoms with van der Waals surface area (Å²) in [5.41, 5.74) is 7.36. The summed E-state index contributed by atoms with van der Waals surface area (Å²) in [4.78, 5) is 12.4. The molecule has 0 unspecified atom stereocenters. The van der Waals surface area contributed by atoms with Crippen molar-refractivity contribution in [1.29, 1.82) is 0 Å². The van der Waals surface area contributed by atoms with Crippen LogP contribution in [0.4, 0.5) is 0 Å². The number of aryl methyl sites for hydroxylation is 1. The van der Waals surface area contributed by atoms with Crippen molar-refractivity contribution < 1.29 is 0 Å². The average Bonchev–Trinajstić information content (AvgIpc) is 2.16. The summed E-state index contributed by atoms with van der Waals surface area (Å²) in [5, 5.41) is 3.00. The topological polar surface area (TPSA) is 76.2 Å². The van der Waals surface area contributed by atoms with Crippen LogP contribution in [0.1, 0.15) is 25.2 Å². The van der Waals surface area contributed by atoms with Gasteiger partial charge >= 0.3 is 0 Å². The van der Waals surface area contributed by atoms with E-state index in [0.717, 1.165) is 11.4 Å². The van der Waals surface area contributed by atoms with Crippen molar-refractivity contribution in [3.63, 3.8) is 0 Å². The number of hydrogen-bond acceptors (Lipinski definition) is 3. The fraction of sp³-hybridized carbons (Fsp3) is 0.500. The number of nitrogens with two attached hydrogens (primary N) is 1. The van der Waals surface area contributed by atoms with Crippen LogP contribution < -0.4 is 11.1 Å². The second-order valence-corrected chi connectivity index (χ2v) is 3.65. The molecule has 0 amide bonds. The van der Waals surface area contributed by atoms with Gasteiger partial charge in [-0.2, -0.15) is 0 Å². The molecule has 1 aromatic rings. The average molecular weight is 207 g/mol. The van der Waals surface area contributed by atoms with Gasteiger partial charge in [-0.1, -0.05) is 0 Å². The van der Waals surface area contributed by atoms with Gasteiger partial charge < -0.3 is 11.1 Å². The number of hydrogen-bond donors (Lipinski definition) is 2. The maximum Gasteiger partial charge on any atom is 0.189 e. The van der Waals surface area contributed by atoms with E-state index in [1.54, 1.807) is 12.4 Å². The van der Waals surface area contributed by atoms with Crippen LogP contribution in [0.25, 0.3) is 0 Å². The quantitative estimate of drug-likeness (QED) is 0.562. The minimum absolute atomic E-state index is 0.290. The zero-order valence-electron chi connectivity index (χ0n) is 9.36. The molecule has 1 heterocycles. The van der Waals surface area contributed by atoms with Gasteiger partial charge in [0.1, 0.15) is 0 Å². The van der Waals surface area contributed by atoms with E-state index in [4.69, 9.17) is 5.73 Å².